The average Bonchev–Trinajstić information content (AvgIpc) is 1.86. The third-order valence-corrected chi connectivity index (χ3v) is 19.3. The summed E-state index contributed by atoms with van der Waals surface area (Å²) in [5.74, 6) is 1.08. The van der Waals surface area contributed by atoms with Crippen LogP contribution in [-0.2, 0) is 35.2 Å². The van der Waals surface area contributed by atoms with Gasteiger partial charge < -0.3 is 15.1 Å². The number of fused-ring (bicyclic) bond motifs is 3. The van der Waals surface area contributed by atoms with E-state index < -0.39 is 12.1 Å². The van der Waals surface area contributed by atoms with Crippen molar-refractivity contribution in [2.45, 2.75) is 136 Å². The molecule has 0 aliphatic carbocycles. The van der Waals surface area contributed by atoms with Crippen molar-refractivity contribution >= 4 is 111 Å². The van der Waals surface area contributed by atoms with E-state index in [2.05, 4.69) is 38.8 Å². The van der Waals surface area contributed by atoms with Gasteiger partial charge >= 0.3 is 0 Å². The van der Waals surface area contributed by atoms with Gasteiger partial charge in [-0.05, 0) is 130 Å². The highest BCUT2D eigenvalue weighted by Crippen LogP contribution is 2.40. The largest absolute Gasteiger partial charge is 0.344 e. The van der Waals surface area contributed by atoms with Crippen molar-refractivity contribution in [2.75, 3.05) is 45.8 Å². The van der Waals surface area contributed by atoms with Gasteiger partial charge in [0.1, 0.15) is 34.5 Å². The SMILES string of the molecule is Cc1cc(/C=C2\CN(C(=O)[C@H](Cc3ccccc3)NC(=O)CCCCCCCCC(=O)CCCC(=O)N3CCN(CCCC(=O)C[C@@H]4N=C(c5ccc(Cl)cc5)c5c(sc(C)c5C)-n5c(C)nnc54)CC3)C/C(=C\c3ccc(Cl)c(Cl)c3)C2=O)ccc1Cl. The Kier molecular flexibility index (Phi) is 23.4. The molecular formula is C69H76Cl4N8O6S. The molecule has 1 N–H and O–H groups in total. The van der Waals surface area contributed by atoms with Crippen LogP contribution in [0.5, 0.6) is 0 Å². The van der Waals surface area contributed by atoms with Crippen molar-refractivity contribution in [3.05, 3.63) is 178 Å². The van der Waals surface area contributed by atoms with E-state index >= 15 is 0 Å². The Morgan fingerprint density at radius 3 is 1.98 bits per heavy atom. The molecule has 0 unspecified atom stereocenters. The smallest absolute Gasteiger partial charge is 0.246 e. The topological polar surface area (TPSA) is 167 Å². The van der Waals surface area contributed by atoms with Crippen LogP contribution in [0.3, 0.4) is 0 Å². The Labute approximate surface area is 540 Å². The number of unbranched alkanes of at least 4 members (excludes halogenated alkanes) is 5. The third kappa shape index (κ3) is 17.4. The molecule has 3 amide bonds. The number of aryl methyl sites for hydroxylation is 3. The molecule has 2 aromatic heterocycles. The van der Waals surface area contributed by atoms with Crippen LogP contribution in [0.2, 0.25) is 20.1 Å². The number of piperazine rings is 1. The average molecular weight is 1290 g/mol. The lowest BCUT2D eigenvalue weighted by Crippen LogP contribution is -2.52. The second-order valence-electron chi connectivity index (χ2n) is 23.3. The Morgan fingerprint density at radius 1 is 0.659 bits per heavy atom. The molecule has 5 heterocycles. The molecule has 2 atom stereocenters. The van der Waals surface area contributed by atoms with E-state index in [1.165, 1.54) is 4.88 Å². The normalized spacial score (nSPS) is 16.5. The number of halogens is 4. The molecule has 0 radical (unpaired) electrons. The number of piperidine rings is 1. The van der Waals surface area contributed by atoms with Crippen molar-refractivity contribution in [1.29, 1.82) is 0 Å². The van der Waals surface area contributed by atoms with Crippen LogP contribution in [0.1, 0.15) is 151 Å². The van der Waals surface area contributed by atoms with Crippen LogP contribution < -0.4 is 5.32 Å². The van der Waals surface area contributed by atoms with E-state index in [0.717, 1.165) is 102 Å². The summed E-state index contributed by atoms with van der Waals surface area (Å²) in [5.41, 5.74) is 7.94. The molecule has 9 rings (SSSR count). The van der Waals surface area contributed by atoms with Crippen LogP contribution >= 0.6 is 57.7 Å². The molecule has 462 valence electrons. The van der Waals surface area contributed by atoms with Gasteiger partial charge in [0.05, 0.1) is 15.8 Å². The third-order valence-electron chi connectivity index (χ3n) is 16.7. The van der Waals surface area contributed by atoms with Gasteiger partial charge in [0, 0.05) is 121 Å². The predicted octanol–water partition coefficient (Wildman–Crippen LogP) is 14.1. The number of aromatic nitrogens is 3. The molecule has 14 nitrogen and oxygen atoms in total. The molecule has 3 aliphatic rings. The lowest BCUT2D eigenvalue weighted by Gasteiger charge is -2.34. The van der Waals surface area contributed by atoms with E-state index in [1.807, 2.05) is 85.5 Å². The summed E-state index contributed by atoms with van der Waals surface area (Å²) >= 11 is 26.8. The van der Waals surface area contributed by atoms with Crippen molar-refractivity contribution < 1.29 is 28.8 Å². The number of Topliss-reactive ketones (excluding diaryl/α,β-unsaturated/α-hetero) is 3. The maximum Gasteiger partial charge on any atom is 0.246 e. The van der Waals surface area contributed by atoms with Gasteiger partial charge in [-0.25, -0.2) is 0 Å². The van der Waals surface area contributed by atoms with Crippen LogP contribution in [-0.4, -0.2) is 122 Å². The van der Waals surface area contributed by atoms with Gasteiger partial charge in [-0.3, -0.25) is 43.2 Å². The highest BCUT2D eigenvalue weighted by molar-refractivity contribution is 7.15. The fourth-order valence-corrected chi connectivity index (χ4v) is 13.5. The highest BCUT2D eigenvalue weighted by atomic mass is 35.5. The standard InChI is InChI=1S/C69H76Cl4N8O6S/c1-44-36-49(23-29-57(44)71)37-52-42-80(43-53(66(52)86)38-50-24-30-58(72)59(73)39-50)68(87)61(40-48-16-10-9-11-17-48)74-62(84)21-13-8-6-5-7-12-18-55(82)19-14-22-63(85)79-34-32-78(33-35-79)31-15-20-56(83)41-60-67-77-76-47(4)81(67)69-64(45(2)46(3)88-69)65(75-60)51-25-27-54(70)28-26-51/h9-11,16-17,23-30,36-39,60-61H,5-8,12-15,18-22,31-35,40-43H2,1-4H3,(H,74,84)/b52-37+,53-38+/t60-,61-/m0/s1. The Hall–Kier alpha value is -6.59. The van der Waals surface area contributed by atoms with E-state index in [1.54, 1.807) is 52.7 Å². The molecule has 88 heavy (non-hydrogen) atoms. The molecule has 6 aromatic rings. The first kappa shape index (κ1) is 65.8. The number of aliphatic imine (C=N–C) groups is 1. The maximum absolute atomic E-state index is 14.6. The number of thiophene rings is 1. The minimum Gasteiger partial charge on any atom is -0.344 e. The molecular weight excluding hydrogens is 1210 g/mol. The van der Waals surface area contributed by atoms with Crippen molar-refractivity contribution in [2.24, 2.45) is 4.99 Å². The summed E-state index contributed by atoms with van der Waals surface area (Å²) in [6, 6.07) is 26.5. The van der Waals surface area contributed by atoms with Gasteiger partial charge in [0.25, 0.3) is 0 Å². The molecule has 19 heteroatoms. The van der Waals surface area contributed by atoms with Crippen LogP contribution in [0.4, 0.5) is 0 Å². The highest BCUT2D eigenvalue weighted by Gasteiger charge is 2.35. The van der Waals surface area contributed by atoms with E-state index in [9.17, 15) is 28.8 Å². The molecule has 2 fully saturated rings. The van der Waals surface area contributed by atoms with Gasteiger partial charge in [0.15, 0.2) is 11.6 Å². The zero-order chi connectivity index (χ0) is 62.4. The van der Waals surface area contributed by atoms with E-state index in [0.29, 0.717) is 101 Å². The molecule has 0 bridgehead atoms. The molecule has 3 aliphatic heterocycles. The fourth-order valence-electron chi connectivity index (χ4n) is 11.7. The summed E-state index contributed by atoms with van der Waals surface area (Å²) in [5, 5.41) is 15.0. The Morgan fingerprint density at radius 2 is 1.30 bits per heavy atom. The number of amides is 3. The second kappa shape index (κ2) is 31.2. The number of ketones is 3. The summed E-state index contributed by atoms with van der Waals surface area (Å²) in [6.45, 7) is 11.6. The van der Waals surface area contributed by atoms with Crippen molar-refractivity contribution in [1.82, 2.24) is 34.8 Å². The second-order valence-corrected chi connectivity index (χ2v) is 26.2. The first-order valence-corrected chi connectivity index (χ1v) is 32.9. The Balaban J connectivity index is 0.659. The van der Waals surface area contributed by atoms with E-state index in [-0.39, 0.29) is 67.4 Å². The minimum atomic E-state index is -0.875. The van der Waals surface area contributed by atoms with Crippen LogP contribution in [0, 0.1) is 27.7 Å². The quantitative estimate of drug-likeness (QED) is 0.0411. The predicted molar refractivity (Wildman–Crippen MR) is 353 cm³/mol. The number of carbonyl (C=O) groups is 6. The zero-order valence-electron chi connectivity index (χ0n) is 50.5. The maximum atomic E-state index is 14.6. The number of hydrogen-bond acceptors (Lipinski definition) is 11. The number of likely N-dealkylation sites (tertiary alicyclic amines) is 1. The number of rotatable bonds is 26. The monoisotopic (exact) mass is 1280 g/mol. The summed E-state index contributed by atoms with van der Waals surface area (Å²) in [4.78, 5) is 94.3. The Bertz CT molecular complexity index is 3550. The number of benzene rings is 4. The fraction of sp³-hybridized carbons (Fsp3) is 0.406. The minimum absolute atomic E-state index is 0.0356. The van der Waals surface area contributed by atoms with Crippen LogP contribution in [0.15, 0.2) is 107 Å². The lowest BCUT2D eigenvalue weighted by atomic mass is 9.93. The molecule has 0 saturated carbocycles. The summed E-state index contributed by atoms with van der Waals surface area (Å²) < 4.78 is 2.07. The molecule has 4 aromatic carbocycles. The zero-order valence-corrected chi connectivity index (χ0v) is 54.4. The van der Waals surface area contributed by atoms with E-state index in [4.69, 9.17) is 51.4 Å². The summed E-state index contributed by atoms with van der Waals surface area (Å²) in [7, 11) is 0. The van der Waals surface area contributed by atoms with Gasteiger partial charge in [-0.1, -0.05) is 133 Å². The number of nitrogens with one attached hydrogen (secondary N) is 1. The first-order valence-electron chi connectivity index (χ1n) is 30.6. The number of nitrogens with zero attached hydrogens (tertiary/aromatic N) is 7. The first-order chi connectivity index (χ1) is 42.4. The lowest BCUT2D eigenvalue weighted by molar-refractivity contribution is -0.136. The van der Waals surface area contributed by atoms with Crippen molar-refractivity contribution in [3.8, 4) is 5.00 Å². The molecule has 2 saturated heterocycles. The van der Waals surface area contributed by atoms with Gasteiger partial charge in [-0.15, -0.1) is 21.5 Å². The number of hydrogen-bond donors (Lipinski definition) is 1. The van der Waals surface area contributed by atoms with Gasteiger partial charge in [0.2, 0.25) is 17.7 Å². The number of carbonyl (C=O) groups excluding carboxylic acids is 6. The van der Waals surface area contributed by atoms with Gasteiger partial charge in [-0.2, -0.15) is 0 Å². The molecule has 0 spiro atoms. The van der Waals surface area contributed by atoms with Crippen molar-refractivity contribution in [3.63, 3.8) is 0 Å². The summed E-state index contributed by atoms with van der Waals surface area (Å²) in [6.07, 6.45) is 12.1. The van der Waals surface area contributed by atoms with Crippen LogP contribution in [0.25, 0.3) is 17.2 Å².